The van der Waals surface area contributed by atoms with Gasteiger partial charge in [0.2, 0.25) is 5.91 Å². The third kappa shape index (κ3) is 2.33. The van der Waals surface area contributed by atoms with E-state index in [4.69, 9.17) is 5.11 Å². The van der Waals surface area contributed by atoms with Crippen LogP contribution in [0.2, 0.25) is 0 Å². The summed E-state index contributed by atoms with van der Waals surface area (Å²) in [6, 6.07) is -0.865. The Balaban J connectivity index is 1.88. The van der Waals surface area contributed by atoms with E-state index < -0.39 is 12.0 Å². The van der Waals surface area contributed by atoms with Gasteiger partial charge < -0.3 is 15.3 Å². The minimum absolute atomic E-state index is 0.0465. The number of carbonyl (C=O) groups is 2. The monoisotopic (exact) mass is 227 g/mol. The van der Waals surface area contributed by atoms with E-state index in [9.17, 15) is 9.59 Å². The zero-order chi connectivity index (χ0) is 11.5. The van der Waals surface area contributed by atoms with Crippen molar-refractivity contribution in [2.45, 2.75) is 24.9 Å². The third-order valence-corrected chi connectivity index (χ3v) is 3.17. The van der Waals surface area contributed by atoms with E-state index in [1.807, 2.05) is 0 Å². The van der Waals surface area contributed by atoms with Crippen molar-refractivity contribution in [2.24, 2.45) is 0 Å². The first-order valence-electron chi connectivity index (χ1n) is 5.67. The van der Waals surface area contributed by atoms with Crippen molar-refractivity contribution in [1.82, 2.24) is 15.5 Å². The minimum atomic E-state index is -0.865. The highest BCUT2D eigenvalue weighted by Crippen LogP contribution is 2.15. The van der Waals surface area contributed by atoms with Crippen molar-refractivity contribution in [2.75, 3.05) is 26.2 Å². The molecule has 2 aliphatic rings. The average Bonchev–Trinajstić information content (AvgIpc) is 2.78. The smallest absolute Gasteiger partial charge is 0.320 e. The first-order chi connectivity index (χ1) is 7.68. The zero-order valence-corrected chi connectivity index (χ0v) is 9.11. The van der Waals surface area contributed by atoms with Crippen molar-refractivity contribution in [3.05, 3.63) is 0 Å². The Morgan fingerprint density at radius 3 is 2.31 bits per heavy atom. The largest absolute Gasteiger partial charge is 0.480 e. The molecular weight excluding hydrogens is 210 g/mol. The zero-order valence-electron chi connectivity index (χ0n) is 9.11. The Hall–Kier alpha value is -1.14. The van der Waals surface area contributed by atoms with Gasteiger partial charge in [0.15, 0.2) is 0 Å². The normalized spacial score (nSPS) is 30.4. The predicted molar refractivity (Wildman–Crippen MR) is 57.0 cm³/mol. The van der Waals surface area contributed by atoms with E-state index in [0.29, 0.717) is 12.8 Å². The van der Waals surface area contributed by atoms with Crippen LogP contribution in [0.4, 0.5) is 0 Å². The first-order valence-corrected chi connectivity index (χ1v) is 5.67. The third-order valence-electron chi connectivity index (χ3n) is 3.17. The Kier molecular flexibility index (Phi) is 3.40. The molecule has 2 aliphatic heterocycles. The summed E-state index contributed by atoms with van der Waals surface area (Å²) < 4.78 is 0. The molecule has 0 bridgehead atoms. The Labute approximate surface area is 94.0 Å². The Morgan fingerprint density at radius 1 is 1.12 bits per heavy atom. The number of hydrogen-bond donors (Lipinski definition) is 3. The van der Waals surface area contributed by atoms with Gasteiger partial charge in [0.1, 0.15) is 6.04 Å². The van der Waals surface area contributed by atoms with E-state index in [1.165, 1.54) is 0 Å². The van der Waals surface area contributed by atoms with Crippen LogP contribution >= 0.6 is 0 Å². The van der Waals surface area contributed by atoms with E-state index in [1.54, 1.807) is 4.90 Å². The molecule has 0 aromatic rings. The molecule has 90 valence electrons. The SMILES string of the molecule is O=C(O)[C@H]1CC[C@@H](C(=O)N2CCNCC2)N1. The second kappa shape index (κ2) is 4.80. The van der Waals surface area contributed by atoms with Crippen LogP contribution in [0.3, 0.4) is 0 Å². The summed E-state index contributed by atoms with van der Waals surface area (Å²) in [5, 5.41) is 14.9. The number of nitrogens with zero attached hydrogens (tertiary/aromatic N) is 1. The second-order valence-electron chi connectivity index (χ2n) is 4.26. The number of nitrogens with one attached hydrogen (secondary N) is 2. The molecule has 2 heterocycles. The van der Waals surface area contributed by atoms with Gasteiger partial charge in [0.05, 0.1) is 6.04 Å². The molecule has 2 fully saturated rings. The summed E-state index contributed by atoms with van der Waals surface area (Å²) in [4.78, 5) is 24.6. The van der Waals surface area contributed by atoms with Crippen molar-refractivity contribution < 1.29 is 14.7 Å². The van der Waals surface area contributed by atoms with Gasteiger partial charge in [-0.1, -0.05) is 0 Å². The number of hydrogen-bond acceptors (Lipinski definition) is 4. The Bertz CT molecular complexity index is 289. The van der Waals surface area contributed by atoms with Crippen molar-refractivity contribution in [3.63, 3.8) is 0 Å². The average molecular weight is 227 g/mol. The summed E-state index contributed by atoms with van der Waals surface area (Å²) >= 11 is 0. The lowest BCUT2D eigenvalue weighted by Gasteiger charge is -2.29. The van der Waals surface area contributed by atoms with E-state index >= 15 is 0 Å². The van der Waals surface area contributed by atoms with Crippen LogP contribution in [0.1, 0.15) is 12.8 Å². The summed E-state index contributed by atoms with van der Waals surface area (Å²) in [5.74, 6) is -0.819. The van der Waals surface area contributed by atoms with E-state index in [0.717, 1.165) is 26.2 Å². The fourth-order valence-electron chi connectivity index (χ4n) is 2.24. The van der Waals surface area contributed by atoms with Gasteiger partial charge in [-0.2, -0.15) is 0 Å². The highest BCUT2D eigenvalue weighted by Gasteiger charge is 2.35. The van der Waals surface area contributed by atoms with Crippen LogP contribution in [0, 0.1) is 0 Å². The molecule has 2 rings (SSSR count). The van der Waals surface area contributed by atoms with Crippen molar-refractivity contribution >= 4 is 11.9 Å². The fourth-order valence-corrected chi connectivity index (χ4v) is 2.24. The molecule has 0 aromatic heterocycles. The first kappa shape index (κ1) is 11.3. The molecular formula is C10H17N3O3. The van der Waals surface area contributed by atoms with Crippen molar-refractivity contribution in [3.8, 4) is 0 Å². The molecule has 6 heteroatoms. The molecule has 0 unspecified atom stereocenters. The standard InChI is InChI=1S/C10H17N3O3/c14-9(13-5-3-11-4-6-13)7-1-2-8(12-7)10(15)16/h7-8,11-12H,1-6H2,(H,15,16)/t7-,8+/m0/s1. The number of rotatable bonds is 2. The van der Waals surface area contributed by atoms with Gasteiger partial charge in [-0.3, -0.25) is 14.9 Å². The molecule has 3 N–H and O–H groups in total. The van der Waals surface area contributed by atoms with E-state index in [2.05, 4.69) is 10.6 Å². The maximum atomic E-state index is 12.0. The molecule has 0 radical (unpaired) electrons. The van der Waals surface area contributed by atoms with Gasteiger partial charge >= 0.3 is 5.97 Å². The maximum Gasteiger partial charge on any atom is 0.320 e. The quantitative estimate of drug-likeness (QED) is 0.542. The molecule has 0 aliphatic carbocycles. The number of piperazine rings is 1. The number of amides is 1. The summed E-state index contributed by atoms with van der Waals surface area (Å²) in [7, 11) is 0. The minimum Gasteiger partial charge on any atom is -0.480 e. The number of carbonyl (C=O) groups excluding carboxylic acids is 1. The van der Waals surface area contributed by atoms with Crippen LogP contribution in [0.25, 0.3) is 0 Å². The van der Waals surface area contributed by atoms with Gasteiger partial charge in [-0.15, -0.1) is 0 Å². The summed E-state index contributed by atoms with van der Waals surface area (Å²) in [6.45, 7) is 3.07. The van der Waals surface area contributed by atoms with E-state index in [-0.39, 0.29) is 11.9 Å². The highest BCUT2D eigenvalue weighted by molar-refractivity contribution is 5.84. The number of carboxylic acid groups (broad SMARTS) is 1. The van der Waals surface area contributed by atoms with Gasteiger partial charge in [-0.25, -0.2) is 0 Å². The lowest BCUT2D eigenvalue weighted by atomic mass is 10.1. The molecule has 16 heavy (non-hydrogen) atoms. The lowest BCUT2D eigenvalue weighted by Crippen LogP contribution is -2.52. The highest BCUT2D eigenvalue weighted by atomic mass is 16.4. The number of carboxylic acids is 1. The Morgan fingerprint density at radius 2 is 1.75 bits per heavy atom. The topological polar surface area (TPSA) is 81.7 Å². The molecule has 0 aromatic carbocycles. The molecule has 0 spiro atoms. The molecule has 2 atom stereocenters. The molecule has 1 amide bonds. The van der Waals surface area contributed by atoms with Gasteiger partial charge in [0, 0.05) is 26.2 Å². The van der Waals surface area contributed by atoms with Crippen molar-refractivity contribution in [1.29, 1.82) is 0 Å². The number of aliphatic carboxylic acids is 1. The lowest BCUT2D eigenvalue weighted by molar-refractivity contribution is -0.139. The van der Waals surface area contributed by atoms with Crippen LogP contribution in [0.15, 0.2) is 0 Å². The predicted octanol–water partition coefficient (Wildman–Crippen LogP) is -1.38. The molecule has 6 nitrogen and oxygen atoms in total. The fraction of sp³-hybridized carbons (Fsp3) is 0.800. The second-order valence-corrected chi connectivity index (χ2v) is 4.26. The summed E-state index contributed by atoms with van der Waals surface area (Å²) in [5.41, 5.74) is 0. The van der Waals surface area contributed by atoms with Crippen LogP contribution in [-0.2, 0) is 9.59 Å². The van der Waals surface area contributed by atoms with Crippen LogP contribution in [-0.4, -0.2) is 60.1 Å². The maximum absolute atomic E-state index is 12.0. The molecule has 0 saturated carbocycles. The van der Waals surface area contributed by atoms with Gasteiger partial charge in [0.25, 0.3) is 0 Å². The molecule has 2 saturated heterocycles. The van der Waals surface area contributed by atoms with Crippen LogP contribution < -0.4 is 10.6 Å². The van der Waals surface area contributed by atoms with Crippen LogP contribution in [0.5, 0.6) is 0 Å². The van der Waals surface area contributed by atoms with Gasteiger partial charge in [-0.05, 0) is 12.8 Å². The summed E-state index contributed by atoms with van der Waals surface area (Å²) in [6.07, 6.45) is 1.16.